The Morgan fingerprint density at radius 2 is 1.65 bits per heavy atom. The fraction of sp³-hybridized carbons (Fsp3) is 0. The van der Waals surface area contributed by atoms with Gasteiger partial charge >= 0.3 is 5.97 Å². The van der Waals surface area contributed by atoms with E-state index in [1.165, 1.54) is 18.2 Å². The van der Waals surface area contributed by atoms with Gasteiger partial charge in [-0.05, 0) is 24.1 Å². The maximum atomic E-state index is 11.0. The molecule has 0 aliphatic rings. The van der Waals surface area contributed by atoms with E-state index in [9.17, 15) is 15.0 Å². The molecule has 5 nitrogen and oxygen atoms in total. The van der Waals surface area contributed by atoms with Crippen molar-refractivity contribution >= 4 is 17.9 Å². The van der Waals surface area contributed by atoms with Crippen molar-refractivity contribution in [3.63, 3.8) is 0 Å². The number of carboxylic acid groups (broad SMARTS) is 1. The van der Waals surface area contributed by atoms with Crippen molar-refractivity contribution < 1.29 is 20.1 Å². The molecule has 0 radical (unpaired) electrons. The summed E-state index contributed by atoms with van der Waals surface area (Å²) in [6.07, 6.45) is 0. The molecule has 0 spiro atoms. The van der Waals surface area contributed by atoms with Crippen molar-refractivity contribution in [1.29, 1.82) is 0 Å². The van der Waals surface area contributed by atoms with Crippen LogP contribution in [0.5, 0.6) is 11.8 Å². The van der Waals surface area contributed by atoms with Gasteiger partial charge in [-0.15, -0.1) is 0 Å². The summed E-state index contributed by atoms with van der Waals surface area (Å²) in [7, 11) is 0. The van der Waals surface area contributed by atoms with E-state index < -0.39 is 5.97 Å². The Labute approximate surface area is 101 Å². The van der Waals surface area contributed by atoms with Crippen LogP contribution >= 0.6 is 11.9 Å². The molecule has 2 aromatic rings. The zero-order chi connectivity index (χ0) is 12.4. The first kappa shape index (κ1) is 11.4. The number of benzene rings is 1. The van der Waals surface area contributed by atoms with Crippen molar-refractivity contribution in [3.05, 3.63) is 42.0 Å². The lowest BCUT2D eigenvalue weighted by Gasteiger charge is -2.07. The Hall–Kier alpha value is -2.08. The molecule has 0 amide bonds. The Balaban J connectivity index is 2.40. The lowest BCUT2D eigenvalue weighted by atomic mass is 10.2. The fourth-order valence-corrected chi connectivity index (χ4v) is 2.22. The van der Waals surface area contributed by atoms with Crippen LogP contribution in [0.4, 0.5) is 0 Å². The van der Waals surface area contributed by atoms with E-state index in [0.29, 0.717) is 4.90 Å². The molecular weight excluding hydrogens is 242 g/mol. The number of aromatic nitrogens is 1. The van der Waals surface area contributed by atoms with Gasteiger partial charge in [-0.2, -0.15) is 0 Å². The fourth-order valence-electron chi connectivity index (χ4n) is 1.32. The minimum Gasteiger partial charge on any atom is -0.494 e. The minimum absolute atomic E-state index is 0.116. The Bertz CT molecular complexity index is 545. The van der Waals surface area contributed by atoms with Crippen LogP contribution in [-0.2, 0) is 0 Å². The SMILES string of the molecule is O=C(O)c1ccccc1Sn1c(O)ccc1O. The van der Waals surface area contributed by atoms with Gasteiger partial charge in [0.25, 0.3) is 0 Å². The highest BCUT2D eigenvalue weighted by molar-refractivity contribution is 7.98. The van der Waals surface area contributed by atoms with E-state index in [1.807, 2.05) is 0 Å². The maximum Gasteiger partial charge on any atom is 0.336 e. The third kappa shape index (κ3) is 2.21. The Morgan fingerprint density at radius 1 is 1.06 bits per heavy atom. The molecule has 6 heteroatoms. The number of carboxylic acids is 1. The van der Waals surface area contributed by atoms with Gasteiger partial charge in [-0.1, -0.05) is 12.1 Å². The average molecular weight is 251 g/mol. The highest BCUT2D eigenvalue weighted by Gasteiger charge is 2.13. The van der Waals surface area contributed by atoms with Gasteiger partial charge in [0.2, 0.25) is 11.8 Å². The highest BCUT2D eigenvalue weighted by atomic mass is 32.2. The van der Waals surface area contributed by atoms with Crippen LogP contribution in [0.1, 0.15) is 10.4 Å². The number of nitrogens with zero attached hydrogens (tertiary/aromatic N) is 1. The number of hydrogen-bond acceptors (Lipinski definition) is 4. The second-order valence-electron chi connectivity index (χ2n) is 3.24. The second kappa shape index (κ2) is 4.42. The highest BCUT2D eigenvalue weighted by Crippen LogP contribution is 2.33. The largest absolute Gasteiger partial charge is 0.494 e. The number of aromatic carboxylic acids is 1. The normalized spacial score (nSPS) is 10.4. The molecule has 0 saturated carbocycles. The summed E-state index contributed by atoms with van der Waals surface area (Å²) in [4.78, 5) is 11.4. The van der Waals surface area contributed by atoms with Crippen LogP contribution in [0, 0.1) is 0 Å². The quantitative estimate of drug-likeness (QED) is 0.778. The van der Waals surface area contributed by atoms with Gasteiger partial charge in [0.15, 0.2) is 0 Å². The standard InChI is InChI=1S/C11H9NO4S/c13-9-5-6-10(14)12(9)17-8-4-2-1-3-7(8)11(15)16/h1-6,13-14H,(H,15,16). The molecule has 3 N–H and O–H groups in total. The van der Waals surface area contributed by atoms with Crippen molar-refractivity contribution in [1.82, 2.24) is 3.97 Å². The number of rotatable bonds is 3. The second-order valence-corrected chi connectivity index (χ2v) is 4.22. The zero-order valence-electron chi connectivity index (χ0n) is 8.57. The predicted octanol–water partition coefficient (Wildman–Crippen LogP) is 2.15. The summed E-state index contributed by atoms with van der Waals surface area (Å²) < 4.78 is 1.14. The Morgan fingerprint density at radius 3 is 2.24 bits per heavy atom. The summed E-state index contributed by atoms with van der Waals surface area (Å²) in [6, 6.07) is 9.02. The van der Waals surface area contributed by atoms with Gasteiger partial charge in [0.05, 0.1) is 5.56 Å². The number of hydrogen-bond donors (Lipinski definition) is 3. The van der Waals surface area contributed by atoms with Gasteiger partial charge in [-0.25, -0.2) is 8.77 Å². The molecule has 0 bridgehead atoms. The molecule has 0 atom stereocenters. The van der Waals surface area contributed by atoms with Crippen LogP contribution in [0.2, 0.25) is 0 Å². The molecule has 1 aromatic carbocycles. The molecule has 0 fully saturated rings. The lowest BCUT2D eigenvalue weighted by Crippen LogP contribution is -1.99. The van der Waals surface area contributed by atoms with Crippen molar-refractivity contribution in [2.24, 2.45) is 0 Å². The summed E-state index contributed by atoms with van der Waals surface area (Å²) in [5.41, 5.74) is 0.116. The van der Waals surface area contributed by atoms with Gasteiger partial charge in [0.1, 0.15) is 0 Å². The molecule has 17 heavy (non-hydrogen) atoms. The third-order valence-corrected chi connectivity index (χ3v) is 3.21. The maximum absolute atomic E-state index is 11.0. The number of aromatic hydroxyl groups is 2. The monoisotopic (exact) mass is 251 g/mol. The van der Waals surface area contributed by atoms with E-state index >= 15 is 0 Å². The van der Waals surface area contributed by atoms with E-state index in [4.69, 9.17) is 5.11 Å². The third-order valence-electron chi connectivity index (χ3n) is 2.10. The molecule has 2 rings (SSSR count). The molecule has 0 saturated heterocycles. The van der Waals surface area contributed by atoms with Crippen LogP contribution in [0.15, 0.2) is 41.3 Å². The first-order valence-electron chi connectivity index (χ1n) is 4.70. The smallest absolute Gasteiger partial charge is 0.336 e. The van der Waals surface area contributed by atoms with Crippen LogP contribution in [0.3, 0.4) is 0 Å². The van der Waals surface area contributed by atoms with Crippen molar-refractivity contribution in [2.45, 2.75) is 4.90 Å². The summed E-state index contributed by atoms with van der Waals surface area (Å²) in [5, 5.41) is 27.9. The van der Waals surface area contributed by atoms with E-state index in [1.54, 1.807) is 18.2 Å². The molecule has 1 aromatic heterocycles. The molecule has 0 aliphatic carbocycles. The number of carbonyl (C=O) groups is 1. The molecular formula is C11H9NO4S. The van der Waals surface area contributed by atoms with Crippen molar-refractivity contribution in [3.8, 4) is 11.8 Å². The molecule has 1 heterocycles. The van der Waals surface area contributed by atoms with E-state index in [-0.39, 0.29) is 17.3 Å². The zero-order valence-corrected chi connectivity index (χ0v) is 9.39. The van der Waals surface area contributed by atoms with Gasteiger partial charge in [-0.3, -0.25) is 0 Å². The Kier molecular flexibility index (Phi) is 2.97. The molecule has 88 valence electrons. The van der Waals surface area contributed by atoms with E-state index in [0.717, 1.165) is 15.9 Å². The van der Waals surface area contributed by atoms with Crippen molar-refractivity contribution in [2.75, 3.05) is 0 Å². The van der Waals surface area contributed by atoms with Crippen LogP contribution in [0.25, 0.3) is 0 Å². The topological polar surface area (TPSA) is 82.7 Å². The first-order valence-corrected chi connectivity index (χ1v) is 5.47. The summed E-state index contributed by atoms with van der Waals surface area (Å²) in [6.45, 7) is 0. The van der Waals surface area contributed by atoms with Crippen LogP contribution < -0.4 is 0 Å². The molecule has 0 unspecified atom stereocenters. The summed E-state index contributed by atoms with van der Waals surface area (Å²) in [5.74, 6) is -1.35. The van der Waals surface area contributed by atoms with E-state index in [2.05, 4.69) is 0 Å². The average Bonchev–Trinajstić information content (AvgIpc) is 2.61. The predicted molar refractivity (Wildman–Crippen MR) is 62.4 cm³/mol. The molecule has 0 aliphatic heterocycles. The van der Waals surface area contributed by atoms with Gasteiger partial charge < -0.3 is 15.3 Å². The van der Waals surface area contributed by atoms with Gasteiger partial charge in [0, 0.05) is 17.0 Å². The minimum atomic E-state index is -1.06. The van der Waals surface area contributed by atoms with Crippen LogP contribution in [-0.4, -0.2) is 25.3 Å². The summed E-state index contributed by atoms with van der Waals surface area (Å²) >= 11 is 0.938. The lowest BCUT2D eigenvalue weighted by molar-refractivity contribution is 0.0693. The first-order chi connectivity index (χ1) is 8.09.